The summed E-state index contributed by atoms with van der Waals surface area (Å²) in [7, 11) is -3.84. The summed E-state index contributed by atoms with van der Waals surface area (Å²) in [6.45, 7) is 3.40. The highest BCUT2D eigenvalue weighted by atomic mass is 79.9. The second-order valence-electron chi connectivity index (χ2n) is 8.64. The monoisotopic (exact) mass is 646 g/mol. The molecule has 0 radical (unpaired) electrons. The summed E-state index contributed by atoms with van der Waals surface area (Å²) in [5, 5.41) is 2.58. The van der Waals surface area contributed by atoms with Gasteiger partial charge in [-0.1, -0.05) is 41.4 Å². The van der Waals surface area contributed by atoms with Gasteiger partial charge in [-0.05, 0) is 72.6 Å². The van der Waals surface area contributed by atoms with Crippen LogP contribution in [0.4, 0.5) is 24.5 Å². The lowest BCUT2D eigenvalue weighted by atomic mass is 10.0. The Morgan fingerprint density at radius 3 is 2.08 bits per heavy atom. The molecule has 0 bridgehead atoms. The lowest BCUT2D eigenvalue weighted by molar-refractivity contribution is -0.137. The molecule has 39 heavy (non-hydrogen) atoms. The SMILES string of the molecule is CC(C)C(Nc1ccc(C(F)(F)F)cc1Cl)C(=O)NNC(=O)c1ccc(NS(=O)(=O)c2ccc(Br)cc2)cc1. The standard InChI is InChI=1S/C25H23BrClF3N4O4S/c1-14(2)22(31-21-12-5-16(13-20(21)27)25(28,29)30)24(36)33-32-23(35)15-3-8-18(9-4-15)34-39(37,38)19-10-6-17(26)7-11-19/h3-14,22,31,34H,1-2H3,(H,32,35)(H,33,36). The third-order valence-electron chi connectivity index (χ3n) is 5.38. The molecule has 208 valence electrons. The summed E-state index contributed by atoms with van der Waals surface area (Å²) in [4.78, 5) is 25.3. The van der Waals surface area contributed by atoms with Crippen LogP contribution in [0.15, 0.2) is 76.1 Å². The van der Waals surface area contributed by atoms with Crippen LogP contribution >= 0.6 is 27.5 Å². The summed E-state index contributed by atoms with van der Waals surface area (Å²) in [6, 6.07) is 13.3. The summed E-state index contributed by atoms with van der Waals surface area (Å²) in [5.74, 6) is -1.67. The van der Waals surface area contributed by atoms with Crippen molar-refractivity contribution in [3.05, 3.63) is 87.4 Å². The summed E-state index contributed by atoms with van der Waals surface area (Å²) in [6.07, 6.45) is -4.57. The third kappa shape index (κ3) is 8.10. The molecular formula is C25H23BrClF3N4O4S. The largest absolute Gasteiger partial charge is 0.416 e. The molecule has 0 fully saturated rings. The molecule has 3 aromatic carbocycles. The van der Waals surface area contributed by atoms with Crippen molar-refractivity contribution in [3.8, 4) is 0 Å². The Kier molecular flexibility index (Phi) is 9.51. The van der Waals surface area contributed by atoms with E-state index in [1.165, 1.54) is 36.4 Å². The van der Waals surface area contributed by atoms with E-state index in [1.54, 1.807) is 26.0 Å². The average Bonchev–Trinajstić information content (AvgIpc) is 2.86. The first-order valence-corrected chi connectivity index (χ1v) is 13.9. The maximum absolute atomic E-state index is 12.9. The first-order chi connectivity index (χ1) is 18.2. The molecule has 1 atom stereocenters. The molecule has 3 aromatic rings. The zero-order chi connectivity index (χ0) is 29.0. The predicted octanol–water partition coefficient (Wildman–Crippen LogP) is 5.82. The highest BCUT2D eigenvalue weighted by Gasteiger charge is 2.31. The average molecular weight is 648 g/mol. The van der Waals surface area contributed by atoms with Gasteiger partial charge in [0.15, 0.2) is 0 Å². The van der Waals surface area contributed by atoms with Crippen LogP contribution in [0.5, 0.6) is 0 Å². The molecule has 0 heterocycles. The topological polar surface area (TPSA) is 116 Å². The van der Waals surface area contributed by atoms with E-state index in [0.717, 1.165) is 22.7 Å². The Morgan fingerprint density at radius 2 is 1.54 bits per heavy atom. The number of hydrazine groups is 1. The molecule has 14 heteroatoms. The van der Waals surface area contributed by atoms with Crippen LogP contribution in [0.2, 0.25) is 5.02 Å². The van der Waals surface area contributed by atoms with Crippen LogP contribution < -0.4 is 20.9 Å². The van der Waals surface area contributed by atoms with Gasteiger partial charge in [0.2, 0.25) is 0 Å². The molecular weight excluding hydrogens is 625 g/mol. The van der Waals surface area contributed by atoms with E-state index < -0.39 is 39.6 Å². The number of nitrogens with one attached hydrogen (secondary N) is 4. The molecule has 0 aromatic heterocycles. The molecule has 0 aliphatic carbocycles. The van der Waals surface area contributed by atoms with Crippen LogP contribution in [0.3, 0.4) is 0 Å². The predicted molar refractivity (Wildman–Crippen MR) is 146 cm³/mol. The molecule has 0 aliphatic rings. The molecule has 2 amide bonds. The van der Waals surface area contributed by atoms with Crippen molar-refractivity contribution in [2.75, 3.05) is 10.0 Å². The fourth-order valence-corrected chi connectivity index (χ4v) is 4.85. The van der Waals surface area contributed by atoms with Gasteiger partial charge in [-0.15, -0.1) is 0 Å². The Hall–Kier alpha value is -3.29. The first-order valence-electron chi connectivity index (χ1n) is 11.3. The minimum Gasteiger partial charge on any atom is -0.372 e. The quantitative estimate of drug-likeness (QED) is 0.230. The van der Waals surface area contributed by atoms with E-state index in [-0.39, 0.29) is 32.8 Å². The molecule has 0 spiro atoms. The number of amides is 2. The zero-order valence-electron chi connectivity index (χ0n) is 20.4. The number of benzene rings is 3. The number of alkyl halides is 3. The Bertz CT molecular complexity index is 1450. The molecule has 0 saturated heterocycles. The lowest BCUT2D eigenvalue weighted by Crippen LogP contribution is -2.50. The van der Waals surface area contributed by atoms with Gasteiger partial charge in [0.05, 0.1) is 21.2 Å². The zero-order valence-corrected chi connectivity index (χ0v) is 23.6. The molecule has 4 N–H and O–H groups in total. The first kappa shape index (κ1) is 30.3. The van der Waals surface area contributed by atoms with Crippen LogP contribution in [0.25, 0.3) is 0 Å². The fraction of sp³-hybridized carbons (Fsp3) is 0.200. The number of sulfonamides is 1. The van der Waals surface area contributed by atoms with E-state index in [4.69, 9.17) is 11.6 Å². The van der Waals surface area contributed by atoms with Gasteiger partial charge in [0, 0.05) is 15.7 Å². The Labute approximate surface area is 236 Å². The number of carbonyl (C=O) groups excluding carboxylic acids is 2. The van der Waals surface area contributed by atoms with Gasteiger partial charge in [-0.3, -0.25) is 25.2 Å². The fourth-order valence-electron chi connectivity index (χ4n) is 3.30. The minimum absolute atomic E-state index is 0.0566. The highest BCUT2D eigenvalue weighted by molar-refractivity contribution is 9.10. The van der Waals surface area contributed by atoms with E-state index >= 15 is 0 Å². The van der Waals surface area contributed by atoms with Crippen LogP contribution in [-0.4, -0.2) is 26.3 Å². The second-order valence-corrected chi connectivity index (χ2v) is 11.6. The van der Waals surface area contributed by atoms with Crippen LogP contribution in [0, 0.1) is 5.92 Å². The van der Waals surface area contributed by atoms with Crippen molar-refractivity contribution < 1.29 is 31.2 Å². The number of carbonyl (C=O) groups is 2. The summed E-state index contributed by atoms with van der Waals surface area (Å²) < 4.78 is 66.9. The van der Waals surface area contributed by atoms with Crippen LogP contribution in [-0.2, 0) is 21.0 Å². The van der Waals surface area contributed by atoms with E-state index in [1.807, 2.05) is 0 Å². The number of rotatable bonds is 8. The Morgan fingerprint density at radius 1 is 0.923 bits per heavy atom. The van der Waals surface area contributed by atoms with Crippen LogP contribution in [0.1, 0.15) is 29.8 Å². The molecule has 8 nitrogen and oxygen atoms in total. The van der Waals surface area contributed by atoms with Gasteiger partial charge in [-0.25, -0.2) is 8.42 Å². The molecule has 3 rings (SSSR count). The van der Waals surface area contributed by atoms with Crippen molar-refractivity contribution in [1.29, 1.82) is 0 Å². The van der Waals surface area contributed by atoms with Gasteiger partial charge >= 0.3 is 6.18 Å². The van der Waals surface area contributed by atoms with Crippen molar-refractivity contribution in [2.24, 2.45) is 5.92 Å². The van der Waals surface area contributed by atoms with Crippen molar-refractivity contribution >= 4 is 60.7 Å². The maximum Gasteiger partial charge on any atom is 0.416 e. The maximum atomic E-state index is 12.9. The van der Waals surface area contributed by atoms with Crippen molar-refractivity contribution in [1.82, 2.24) is 10.9 Å². The van der Waals surface area contributed by atoms with Crippen molar-refractivity contribution in [2.45, 2.75) is 31.0 Å². The van der Waals surface area contributed by atoms with E-state index in [0.29, 0.717) is 0 Å². The third-order valence-corrected chi connectivity index (χ3v) is 7.62. The van der Waals surface area contributed by atoms with Gasteiger partial charge < -0.3 is 5.32 Å². The molecule has 0 aliphatic heterocycles. The van der Waals surface area contributed by atoms with Gasteiger partial charge in [-0.2, -0.15) is 13.2 Å². The van der Waals surface area contributed by atoms with Crippen molar-refractivity contribution in [3.63, 3.8) is 0 Å². The van der Waals surface area contributed by atoms with E-state index in [9.17, 15) is 31.2 Å². The number of anilines is 2. The van der Waals surface area contributed by atoms with E-state index in [2.05, 4.69) is 36.8 Å². The molecule has 0 saturated carbocycles. The number of halogens is 5. The smallest absolute Gasteiger partial charge is 0.372 e. The second kappa shape index (κ2) is 12.3. The van der Waals surface area contributed by atoms with Gasteiger partial charge in [0.1, 0.15) is 6.04 Å². The lowest BCUT2D eigenvalue weighted by Gasteiger charge is -2.23. The number of hydrogen-bond donors (Lipinski definition) is 4. The summed E-state index contributed by atoms with van der Waals surface area (Å²) >= 11 is 9.22. The normalized spacial score (nSPS) is 12.5. The minimum atomic E-state index is -4.57. The highest BCUT2D eigenvalue weighted by Crippen LogP contribution is 2.34. The van der Waals surface area contributed by atoms with Gasteiger partial charge in [0.25, 0.3) is 21.8 Å². The Balaban J connectivity index is 1.61. The molecule has 1 unspecified atom stereocenters. The summed E-state index contributed by atoms with van der Waals surface area (Å²) in [5.41, 5.74) is 4.07. The number of hydrogen-bond acceptors (Lipinski definition) is 5.